The van der Waals surface area contributed by atoms with Crippen LogP contribution in [0.3, 0.4) is 0 Å². The average molecular weight is 554 g/mol. The second-order valence-corrected chi connectivity index (χ2v) is 9.08. The van der Waals surface area contributed by atoms with E-state index >= 15 is 0 Å². The number of anilines is 1. The van der Waals surface area contributed by atoms with Crippen molar-refractivity contribution in [2.75, 3.05) is 5.32 Å². The molecule has 7 nitrogen and oxygen atoms in total. The number of hydrazone groups is 1. The molecule has 4 rings (SSSR count). The number of amides is 2. The molecule has 168 valence electrons. The molecule has 2 amide bonds. The molecule has 0 fully saturated rings. The Morgan fingerprint density at radius 2 is 1.79 bits per heavy atom. The van der Waals surface area contributed by atoms with Crippen LogP contribution in [-0.4, -0.2) is 33.8 Å². The van der Waals surface area contributed by atoms with E-state index in [1.54, 1.807) is 32.2 Å². The molecule has 0 aliphatic carbocycles. The van der Waals surface area contributed by atoms with Gasteiger partial charge in [-0.15, -0.1) is 0 Å². The van der Waals surface area contributed by atoms with E-state index in [2.05, 4.69) is 32.9 Å². The maximum absolute atomic E-state index is 13.3. The Bertz CT molecular complexity index is 1160. The Labute approximate surface area is 206 Å². The molecule has 1 aliphatic heterocycles. The molecule has 2 aromatic carbocycles. The molecule has 0 radical (unpaired) electrons. The quantitative estimate of drug-likeness (QED) is 0.415. The zero-order valence-electron chi connectivity index (χ0n) is 18.2. The van der Waals surface area contributed by atoms with Crippen LogP contribution < -0.4 is 5.32 Å². The van der Waals surface area contributed by atoms with E-state index < -0.39 is 6.09 Å². The van der Waals surface area contributed by atoms with Crippen molar-refractivity contribution in [3.8, 4) is 0 Å². The van der Waals surface area contributed by atoms with Gasteiger partial charge in [-0.2, -0.15) is 5.10 Å². The number of hydrogen-bond acceptors (Lipinski definition) is 5. The van der Waals surface area contributed by atoms with Gasteiger partial charge in [0.1, 0.15) is 6.04 Å². The fraction of sp³-hybridized carbons (Fsp3) is 0.200. The van der Waals surface area contributed by atoms with E-state index in [0.29, 0.717) is 17.7 Å². The van der Waals surface area contributed by atoms with Crippen LogP contribution in [0.15, 0.2) is 78.0 Å². The number of rotatable bonds is 5. The van der Waals surface area contributed by atoms with Crippen LogP contribution in [0.5, 0.6) is 0 Å². The normalized spacial score (nSPS) is 15.3. The Morgan fingerprint density at radius 3 is 2.42 bits per heavy atom. The standard InChI is InChI=1S/C25H23IN4O3/c1-16(2)33-25(32)28-20-12-8-17(9-13-20)22-15-23(21-5-3-4-14-27-21)30(29-22)24(31)18-6-10-19(26)11-7-18/h3-14,16,23H,15H2,1-2H3,(H,28,32). The molecule has 2 heterocycles. The molecule has 0 spiro atoms. The minimum atomic E-state index is -0.500. The van der Waals surface area contributed by atoms with E-state index in [4.69, 9.17) is 9.84 Å². The van der Waals surface area contributed by atoms with Gasteiger partial charge in [-0.1, -0.05) is 18.2 Å². The van der Waals surface area contributed by atoms with Crippen LogP contribution in [0.25, 0.3) is 0 Å². The zero-order chi connectivity index (χ0) is 23.4. The largest absolute Gasteiger partial charge is 0.447 e. The highest BCUT2D eigenvalue weighted by atomic mass is 127. The summed E-state index contributed by atoms with van der Waals surface area (Å²) in [6, 6.07) is 20.1. The molecule has 33 heavy (non-hydrogen) atoms. The van der Waals surface area contributed by atoms with Crippen LogP contribution in [0.2, 0.25) is 0 Å². The van der Waals surface area contributed by atoms with Gasteiger partial charge in [-0.3, -0.25) is 15.1 Å². The zero-order valence-corrected chi connectivity index (χ0v) is 20.4. The molecular weight excluding hydrogens is 531 g/mol. The first-order valence-corrected chi connectivity index (χ1v) is 11.6. The SMILES string of the molecule is CC(C)OC(=O)Nc1ccc(C2=NN(C(=O)c3ccc(I)cc3)C(c3ccccn3)C2)cc1. The maximum atomic E-state index is 13.3. The van der Waals surface area contributed by atoms with Crippen molar-refractivity contribution in [2.24, 2.45) is 5.10 Å². The van der Waals surface area contributed by atoms with Gasteiger partial charge in [0.2, 0.25) is 0 Å². The van der Waals surface area contributed by atoms with E-state index in [1.807, 2.05) is 54.6 Å². The lowest BCUT2D eigenvalue weighted by molar-refractivity contribution is 0.0708. The summed E-state index contributed by atoms with van der Waals surface area (Å²) in [6.45, 7) is 3.59. The van der Waals surface area contributed by atoms with Gasteiger partial charge in [0.15, 0.2) is 0 Å². The lowest BCUT2D eigenvalue weighted by Crippen LogP contribution is -2.27. The molecular formula is C25H23IN4O3. The Kier molecular flexibility index (Phi) is 7.02. The van der Waals surface area contributed by atoms with E-state index in [-0.39, 0.29) is 18.1 Å². The number of nitrogens with zero attached hydrogens (tertiary/aromatic N) is 3. The lowest BCUT2D eigenvalue weighted by atomic mass is 10.0. The minimum absolute atomic E-state index is 0.174. The van der Waals surface area contributed by atoms with E-state index in [9.17, 15) is 9.59 Å². The summed E-state index contributed by atoms with van der Waals surface area (Å²) in [6.07, 6.45) is 1.56. The van der Waals surface area contributed by atoms with Crippen molar-refractivity contribution in [2.45, 2.75) is 32.4 Å². The molecule has 1 aliphatic rings. The number of nitrogens with one attached hydrogen (secondary N) is 1. The number of benzene rings is 2. The number of carbonyl (C=O) groups excluding carboxylic acids is 2. The van der Waals surface area contributed by atoms with Crippen molar-refractivity contribution in [1.29, 1.82) is 0 Å². The number of ether oxygens (including phenoxy) is 1. The molecule has 1 unspecified atom stereocenters. The summed E-state index contributed by atoms with van der Waals surface area (Å²) in [5.41, 5.74) is 3.63. The highest BCUT2D eigenvalue weighted by Gasteiger charge is 2.34. The van der Waals surface area contributed by atoms with Crippen molar-refractivity contribution < 1.29 is 14.3 Å². The third-order valence-electron chi connectivity index (χ3n) is 5.05. The molecule has 1 aromatic heterocycles. The van der Waals surface area contributed by atoms with Gasteiger partial charge in [-0.25, -0.2) is 9.80 Å². The summed E-state index contributed by atoms with van der Waals surface area (Å²) in [5.74, 6) is -0.174. The van der Waals surface area contributed by atoms with Gasteiger partial charge < -0.3 is 4.74 Å². The van der Waals surface area contributed by atoms with Crippen LogP contribution >= 0.6 is 22.6 Å². The number of halogens is 1. The van der Waals surface area contributed by atoms with Crippen molar-refractivity contribution in [3.63, 3.8) is 0 Å². The minimum Gasteiger partial charge on any atom is -0.447 e. The number of carbonyl (C=O) groups is 2. The van der Waals surface area contributed by atoms with Crippen molar-refractivity contribution in [3.05, 3.63) is 93.3 Å². The smallest absolute Gasteiger partial charge is 0.411 e. The van der Waals surface area contributed by atoms with Crippen molar-refractivity contribution in [1.82, 2.24) is 9.99 Å². The first-order chi connectivity index (χ1) is 15.9. The first kappa shape index (κ1) is 22.9. The fourth-order valence-electron chi connectivity index (χ4n) is 3.51. The average Bonchev–Trinajstić information content (AvgIpc) is 3.25. The van der Waals surface area contributed by atoms with Gasteiger partial charge in [0.25, 0.3) is 5.91 Å². The van der Waals surface area contributed by atoms with Crippen LogP contribution in [0, 0.1) is 3.57 Å². The number of aromatic nitrogens is 1. The molecule has 0 bridgehead atoms. The molecule has 0 saturated heterocycles. The second-order valence-electron chi connectivity index (χ2n) is 7.83. The fourth-order valence-corrected chi connectivity index (χ4v) is 3.87. The molecule has 3 aromatic rings. The molecule has 0 saturated carbocycles. The van der Waals surface area contributed by atoms with Gasteiger partial charge in [0, 0.05) is 27.4 Å². The maximum Gasteiger partial charge on any atom is 0.411 e. The predicted molar refractivity (Wildman–Crippen MR) is 135 cm³/mol. The summed E-state index contributed by atoms with van der Waals surface area (Å²) >= 11 is 2.21. The van der Waals surface area contributed by atoms with Gasteiger partial charge >= 0.3 is 6.09 Å². The van der Waals surface area contributed by atoms with Gasteiger partial charge in [0.05, 0.1) is 17.5 Å². The number of hydrogen-bond donors (Lipinski definition) is 1. The summed E-state index contributed by atoms with van der Waals surface area (Å²) in [4.78, 5) is 29.6. The Hall–Kier alpha value is -3.27. The van der Waals surface area contributed by atoms with Crippen LogP contribution in [-0.2, 0) is 4.74 Å². The lowest BCUT2D eigenvalue weighted by Gasteiger charge is -2.21. The van der Waals surface area contributed by atoms with Crippen molar-refractivity contribution >= 4 is 46.0 Å². The molecule has 8 heteroatoms. The topological polar surface area (TPSA) is 83.9 Å². The summed E-state index contributed by atoms with van der Waals surface area (Å²) in [5, 5.41) is 8.91. The van der Waals surface area contributed by atoms with Crippen LogP contribution in [0.1, 0.15) is 47.9 Å². The monoisotopic (exact) mass is 554 g/mol. The van der Waals surface area contributed by atoms with Crippen LogP contribution in [0.4, 0.5) is 10.5 Å². The third kappa shape index (κ3) is 5.57. The Morgan fingerprint density at radius 1 is 1.06 bits per heavy atom. The highest BCUT2D eigenvalue weighted by Crippen LogP contribution is 2.33. The molecule has 1 N–H and O–H groups in total. The second kappa shape index (κ2) is 10.1. The number of pyridine rings is 1. The van der Waals surface area contributed by atoms with E-state index in [0.717, 1.165) is 20.5 Å². The summed E-state index contributed by atoms with van der Waals surface area (Å²) < 4.78 is 6.17. The summed E-state index contributed by atoms with van der Waals surface area (Å²) in [7, 11) is 0. The Balaban J connectivity index is 1.59. The predicted octanol–water partition coefficient (Wildman–Crippen LogP) is 5.63. The molecule has 1 atom stereocenters. The first-order valence-electron chi connectivity index (χ1n) is 10.6. The van der Waals surface area contributed by atoms with Gasteiger partial charge in [-0.05, 0) is 90.5 Å². The third-order valence-corrected chi connectivity index (χ3v) is 5.77. The highest BCUT2D eigenvalue weighted by molar-refractivity contribution is 14.1. The van der Waals surface area contributed by atoms with E-state index in [1.165, 1.54) is 5.01 Å².